The first-order valence-corrected chi connectivity index (χ1v) is 10.3. The number of nitrogens with one attached hydrogen (secondary N) is 1. The molecule has 0 atom stereocenters. The summed E-state index contributed by atoms with van der Waals surface area (Å²) in [5.41, 5.74) is 4.10. The highest BCUT2D eigenvalue weighted by molar-refractivity contribution is 5.78. The molecule has 2 aromatic carbocycles. The van der Waals surface area contributed by atoms with E-state index in [1.54, 1.807) is 16.2 Å². The summed E-state index contributed by atoms with van der Waals surface area (Å²) in [7, 11) is 1.76. The van der Waals surface area contributed by atoms with E-state index >= 15 is 0 Å². The van der Waals surface area contributed by atoms with Crippen molar-refractivity contribution in [3.05, 3.63) is 70.1 Å². The second-order valence-corrected chi connectivity index (χ2v) is 7.76. The van der Waals surface area contributed by atoms with Gasteiger partial charge in [-0.05, 0) is 49.2 Å². The zero-order valence-corrected chi connectivity index (χ0v) is 16.9. The zero-order valence-electron chi connectivity index (χ0n) is 16.9. The second kappa shape index (κ2) is 8.66. The minimum atomic E-state index is -0.0880. The second-order valence-electron chi connectivity index (χ2n) is 7.76. The van der Waals surface area contributed by atoms with E-state index in [0.29, 0.717) is 13.1 Å². The van der Waals surface area contributed by atoms with Crippen LogP contribution in [0.5, 0.6) is 0 Å². The molecule has 0 aliphatic carbocycles. The van der Waals surface area contributed by atoms with Gasteiger partial charge in [0.05, 0.1) is 11.0 Å². The van der Waals surface area contributed by atoms with Crippen LogP contribution in [0.4, 0.5) is 0 Å². The fraction of sp³-hybridized carbons (Fsp3) is 0.391. The van der Waals surface area contributed by atoms with Gasteiger partial charge in [0.15, 0.2) is 0 Å². The van der Waals surface area contributed by atoms with Crippen LogP contribution in [0.3, 0.4) is 0 Å². The Balaban J connectivity index is 1.37. The molecule has 0 bridgehead atoms. The van der Waals surface area contributed by atoms with Gasteiger partial charge >= 0.3 is 5.69 Å². The van der Waals surface area contributed by atoms with Gasteiger partial charge in [0.1, 0.15) is 0 Å². The molecule has 0 unspecified atom stereocenters. The molecule has 6 heteroatoms. The Labute approximate surface area is 170 Å². The molecule has 1 fully saturated rings. The number of nitrogens with zero attached hydrogens (tertiary/aromatic N) is 3. The van der Waals surface area contributed by atoms with Crippen molar-refractivity contribution in [2.75, 3.05) is 13.1 Å². The van der Waals surface area contributed by atoms with Crippen LogP contribution < -0.4 is 11.0 Å². The molecule has 0 saturated carbocycles. The fourth-order valence-corrected chi connectivity index (χ4v) is 4.14. The Morgan fingerprint density at radius 3 is 2.38 bits per heavy atom. The summed E-state index contributed by atoms with van der Waals surface area (Å²) in [5, 5.41) is 3.03. The molecule has 1 amide bonds. The monoisotopic (exact) mass is 392 g/mol. The van der Waals surface area contributed by atoms with Gasteiger partial charge in [0.25, 0.3) is 0 Å². The minimum Gasteiger partial charge on any atom is -0.352 e. The van der Waals surface area contributed by atoms with Crippen molar-refractivity contribution in [3.8, 4) is 0 Å². The molecule has 2 heterocycles. The standard InChI is InChI=1S/C23H28N4O2/c1-25-20-10-4-5-11-21(20)27(23(25)29)15-12-22(28)24-16-18-8-2-3-9-19(18)17-26-13-6-7-14-26/h2-5,8-11H,6-7,12-17H2,1H3,(H,24,28). The average Bonchev–Trinajstić information content (AvgIpc) is 3.33. The van der Waals surface area contributed by atoms with E-state index in [1.165, 1.54) is 18.4 Å². The van der Waals surface area contributed by atoms with Crippen LogP contribution in [0, 0.1) is 0 Å². The van der Waals surface area contributed by atoms with Crippen molar-refractivity contribution in [3.63, 3.8) is 0 Å². The molecule has 6 nitrogen and oxygen atoms in total. The number of hydrogen-bond donors (Lipinski definition) is 1. The summed E-state index contributed by atoms with van der Waals surface area (Å²) in [4.78, 5) is 27.4. The van der Waals surface area contributed by atoms with Gasteiger partial charge in [-0.2, -0.15) is 0 Å². The molecule has 1 aliphatic rings. The van der Waals surface area contributed by atoms with E-state index in [1.807, 2.05) is 30.3 Å². The number of hydrogen-bond acceptors (Lipinski definition) is 3. The molecule has 0 spiro atoms. The van der Waals surface area contributed by atoms with Crippen molar-refractivity contribution in [2.45, 2.75) is 38.9 Å². The normalized spacial score (nSPS) is 14.5. The predicted octanol–water partition coefficient (Wildman–Crippen LogP) is 2.64. The number of aryl methyl sites for hydroxylation is 2. The van der Waals surface area contributed by atoms with Gasteiger partial charge in [-0.15, -0.1) is 0 Å². The first-order valence-electron chi connectivity index (χ1n) is 10.3. The van der Waals surface area contributed by atoms with E-state index < -0.39 is 0 Å². The zero-order chi connectivity index (χ0) is 20.2. The summed E-state index contributed by atoms with van der Waals surface area (Å²) in [5.74, 6) is -0.0409. The lowest BCUT2D eigenvalue weighted by molar-refractivity contribution is -0.121. The molecule has 152 valence electrons. The number of carbonyl (C=O) groups excluding carboxylic acids is 1. The summed E-state index contributed by atoms with van der Waals surface area (Å²) in [6.07, 6.45) is 2.82. The Morgan fingerprint density at radius 2 is 1.62 bits per heavy atom. The van der Waals surface area contributed by atoms with Crippen LogP contribution in [0.2, 0.25) is 0 Å². The molecule has 1 aromatic heterocycles. The van der Waals surface area contributed by atoms with Crippen LogP contribution in [-0.4, -0.2) is 33.0 Å². The molecule has 1 aliphatic heterocycles. The number of benzene rings is 2. The van der Waals surface area contributed by atoms with Gasteiger partial charge in [0, 0.05) is 33.1 Å². The van der Waals surface area contributed by atoms with Gasteiger partial charge < -0.3 is 5.32 Å². The number of likely N-dealkylation sites (tertiary alicyclic amines) is 1. The maximum absolute atomic E-state index is 12.5. The van der Waals surface area contributed by atoms with Gasteiger partial charge in [0.2, 0.25) is 5.91 Å². The molecule has 4 rings (SSSR count). The lowest BCUT2D eigenvalue weighted by Crippen LogP contribution is -2.28. The van der Waals surface area contributed by atoms with E-state index in [4.69, 9.17) is 0 Å². The lowest BCUT2D eigenvalue weighted by Gasteiger charge is -2.17. The summed E-state index contributed by atoms with van der Waals surface area (Å²) in [6, 6.07) is 16.0. The average molecular weight is 393 g/mol. The Bertz CT molecular complexity index is 1060. The van der Waals surface area contributed by atoms with Crippen molar-refractivity contribution >= 4 is 16.9 Å². The number of fused-ring (bicyclic) bond motifs is 1. The van der Waals surface area contributed by atoms with Crippen molar-refractivity contribution in [1.29, 1.82) is 0 Å². The number of amides is 1. The van der Waals surface area contributed by atoms with Crippen molar-refractivity contribution in [1.82, 2.24) is 19.4 Å². The summed E-state index contributed by atoms with van der Waals surface area (Å²) < 4.78 is 3.30. The largest absolute Gasteiger partial charge is 0.352 e. The maximum atomic E-state index is 12.5. The minimum absolute atomic E-state index is 0.0409. The van der Waals surface area contributed by atoms with Gasteiger partial charge in [-0.1, -0.05) is 36.4 Å². The fourth-order valence-electron chi connectivity index (χ4n) is 4.14. The van der Waals surface area contributed by atoms with E-state index in [0.717, 1.165) is 36.2 Å². The summed E-state index contributed by atoms with van der Waals surface area (Å²) >= 11 is 0. The van der Waals surface area contributed by atoms with E-state index in [9.17, 15) is 9.59 Å². The Hall–Kier alpha value is -2.86. The third kappa shape index (κ3) is 4.27. The third-order valence-corrected chi connectivity index (χ3v) is 5.80. The number of imidazole rings is 1. The molecule has 3 aromatic rings. The maximum Gasteiger partial charge on any atom is 0.328 e. The number of aromatic nitrogens is 2. The Kier molecular flexibility index (Phi) is 5.81. The summed E-state index contributed by atoms with van der Waals surface area (Å²) in [6.45, 7) is 4.15. The highest BCUT2D eigenvalue weighted by Gasteiger charge is 2.14. The highest BCUT2D eigenvalue weighted by Crippen LogP contribution is 2.16. The number of rotatable bonds is 7. The van der Waals surface area contributed by atoms with Crippen LogP contribution in [-0.2, 0) is 31.5 Å². The van der Waals surface area contributed by atoms with Crippen LogP contribution >= 0.6 is 0 Å². The number of carbonyl (C=O) groups is 1. The van der Waals surface area contributed by atoms with Crippen LogP contribution in [0.15, 0.2) is 53.3 Å². The molecular formula is C23H28N4O2. The van der Waals surface area contributed by atoms with E-state index in [2.05, 4.69) is 28.4 Å². The molecular weight excluding hydrogens is 364 g/mol. The number of para-hydroxylation sites is 2. The van der Waals surface area contributed by atoms with Crippen molar-refractivity contribution < 1.29 is 4.79 Å². The third-order valence-electron chi connectivity index (χ3n) is 5.80. The molecule has 0 radical (unpaired) electrons. The van der Waals surface area contributed by atoms with Gasteiger partial charge in [-0.3, -0.25) is 18.8 Å². The Morgan fingerprint density at radius 1 is 0.966 bits per heavy atom. The first kappa shape index (κ1) is 19.5. The lowest BCUT2D eigenvalue weighted by atomic mass is 10.1. The molecule has 29 heavy (non-hydrogen) atoms. The SMILES string of the molecule is Cn1c(=O)n(CCC(=O)NCc2ccccc2CN2CCCC2)c2ccccc21. The van der Waals surface area contributed by atoms with Crippen molar-refractivity contribution in [2.24, 2.45) is 7.05 Å². The first-order chi connectivity index (χ1) is 14.1. The topological polar surface area (TPSA) is 59.3 Å². The molecule has 1 N–H and O–H groups in total. The highest BCUT2D eigenvalue weighted by atomic mass is 16.2. The van der Waals surface area contributed by atoms with Crippen LogP contribution in [0.1, 0.15) is 30.4 Å². The van der Waals surface area contributed by atoms with Crippen LogP contribution in [0.25, 0.3) is 11.0 Å². The van der Waals surface area contributed by atoms with E-state index in [-0.39, 0.29) is 18.0 Å². The smallest absolute Gasteiger partial charge is 0.328 e. The van der Waals surface area contributed by atoms with Gasteiger partial charge in [-0.25, -0.2) is 4.79 Å². The predicted molar refractivity (Wildman–Crippen MR) is 115 cm³/mol. The quantitative estimate of drug-likeness (QED) is 0.673. The molecule has 1 saturated heterocycles.